The summed E-state index contributed by atoms with van der Waals surface area (Å²) in [4.78, 5) is 20.9. The first-order valence-electron chi connectivity index (χ1n) is 8.53. The van der Waals surface area contributed by atoms with Crippen LogP contribution in [0, 0.1) is 0 Å². The lowest BCUT2D eigenvalue weighted by atomic mass is 10.0. The SMILES string of the molecule is O=C1CCCN1/N=C(/Cc1ccnc2cc(Br)ccc12)c1ccccn1. The molecule has 6 heteroatoms. The first-order chi connectivity index (χ1) is 12.7. The van der Waals surface area contributed by atoms with Gasteiger partial charge < -0.3 is 0 Å². The first-order valence-corrected chi connectivity index (χ1v) is 9.32. The Bertz CT molecular complexity index is 988. The van der Waals surface area contributed by atoms with E-state index in [-0.39, 0.29) is 5.91 Å². The molecule has 3 aromatic rings. The Morgan fingerprint density at radius 2 is 2.08 bits per heavy atom. The summed E-state index contributed by atoms with van der Waals surface area (Å²) >= 11 is 3.49. The Hall–Kier alpha value is -2.60. The van der Waals surface area contributed by atoms with Crippen molar-refractivity contribution in [2.75, 3.05) is 6.54 Å². The van der Waals surface area contributed by atoms with Crippen molar-refractivity contribution in [1.82, 2.24) is 15.0 Å². The van der Waals surface area contributed by atoms with Gasteiger partial charge >= 0.3 is 0 Å². The fourth-order valence-corrected chi connectivity index (χ4v) is 3.46. The topological polar surface area (TPSA) is 58.5 Å². The van der Waals surface area contributed by atoms with Gasteiger partial charge in [-0.05, 0) is 42.3 Å². The lowest BCUT2D eigenvalue weighted by Crippen LogP contribution is -2.22. The highest BCUT2D eigenvalue weighted by molar-refractivity contribution is 9.10. The molecule has 1 aliphatic heterocycles. The van der Waals surface area contributed by atoms with E-state index in [2.05, 4.69) is 37.1 Å². The van der Waals surface area contributed by atoms with Crippen molar-refractivity contribution in [2.24, 2.45) is 5.10 Å². The Morgan fingerprint density at radius 1 is 1.15 bits per heavy atom. The second-order valence-corrected chi connectivity index (χ2v) is 7.11. The van der Waals surface area contributed by atoms with Gasteiger partial charge in [0.25, 0.3) is 0 Å². The molecular weight excluding hydrogens is 392 g/mol. The van der Waals surface area contributed by atoms with Crippen LogP contribution in [0.5, 0.6) is 0 Å². The predicted molar refractivity (Wildman–Crippen MR) is 105 cm³/mol. The van der Waals surface area contributed by atoms with E-state index in [9.17, 15) is 4.79 Å². The monoisotopic (exact) mass is 408 g/mol. The minimum Gasteiger partial charge on any atom is -0.273 e. The van der Waals surface area contributed by atoms with Crippen LogP contribution in [0.2, 0.25) is 0 Å². The molecule has 26 heavy (non-hydrogen) atoms. The van der Waals surface area contributed by atoms with Crippen LogP contribution < -0.4 is 0 Å². The van der Waals surface area contributed by atoms with Gasteiger partial charge in [0.2, 0.25) is 5.91 Å². The van der Waals surface area contributed by atoms with Crippen LogP contribution in [0.4, 0.5) is 0 Å². The molecule has 0 atom stereocenters. The van der Waals surface area contributed by atoms with Crippen LogP contribution in [-0.2, 0) is 11.2 Å². The number of hydrogen-bond acceptors (Lipinski definition) is 4. The summed E-state index contributed by atoms with van der Waals surface area (Å²) in [7, 11) is 0. The molecule has 0 bridgehead atoms. The minimum atomic E-state index is 0.0712. The number of aromatic nitrogens is 2. The first kappa shape index (κ1) is 16.8. The molecule has 3 heterocycles. The van der Waals surface area contributed by atoms with Crippen LogP contribution in [-0.4, -0.2) is 33.1 Å². The number of halogens is 1. The number of carbonyl (C=O) groups excluding carboxylic acids is 1. The van der Waals surface area contributed by atoms with Crippen molar-refractivity contribution in [3.8, 4) is 0 Å². The maximum atomic E-state index is 12.0. The number of hydrogen-bond donors (Lipinski definition) is 0. The maximum Gasteiger partial charge on any atom is 0.242 e. The molecule has 4 rings (SSSR count). The third kappa shape index (κ3) is 3.51. The Balaban J connectivity index is 1.76. The van der Waals surface area contributed by atoms with E-state index >= 15 is 0 Å². The number of pyridine rings is 2. The summed E-state index contributed by atoms with van der Waals surface area (Å²) in [5.74, 6) is 0.0712. The van der Waals surface area contributed by atoms with E-state index in [0.29, 0.717) is 19.4 Å². The molecule has 130 valence electrons. The molecule has 0 unspecified atom stereocenters. The molecule has 1 saturated heterocycles. The summed E-state index contributed by atoms with van der Waals surface area (Å²) < 4.78 is 0.996. The summed E-state index contributed by atoms with van der Waals surface area (Å²) in [5.41, 5.74) is 3.61. The lowest BCUT2D eigenvalue weighted by molar-refractivity contribution is -0.127. The van der Waals surface area contributed by atoms with Crippen molar-refractivity contribution in [3.63, 3.8) is 0 Å². The van der Waals surface area contributed by atoms with Crippen LogP contribution in [0.3, 0.4) is 0 Å². The molecule has 1 fully saturated rings. The van der Waals surface area contributed by atoms with Crippen molar-refractivity contribution in [1.29, 1.82) is 0 Å². The normalized spacial score (nSPS) is 15.0. The molecule has 1 aliphatic rings. The van der Waals surface area contributed by atoms with Gasteiger partial charge in [-0.15, -0.1) is 0 Å². The second-order valence-electron chi connectivity index (χ2n) is 6.19. The van der Waals surface area contributed by atoms with Crippen LogP contribution in [0.1, 0.15) is 24.1 Å². The molecule has 0 aliphatic carbocycles. The standard InChI is InChI=1S/C20H17BrN4O/c21-15-6-7-16-14(8-10-23-18(16)13-15)12-19(17-4-1-2-9-22-17)24-25-11-3-5-20(25)26/h1-2,4,6-10,13H,3,5,11-12H2/b24-19-. The predicted octanol–water partition coefficient (Wildman–Crippen LogP) is 3.96. The van der Waals surface area contributed by atoms with E-state index < -0.39 is 0 Å². The maximum absolute atomic E-state index is 12.0. The fourth-order valence-electron chi connectivity index (χ4n) is 3.11. The van der Waals surface area contributed by atoms with Crippen molar-refractivity contribution in [3.05, 3.63) is 70.6 Å². The van der Waals surface area contributed by atoms with Gasteiger partial charge in [0.05, 0.1) is 16.9 Å². The number of benzene rings is 1. The molecule has 0 spiro atoms. The fraction of sp³-hybridized carbons (Fsp3) is 0.200. The van der Waals surface area contributed by atoms with Crippen molar-refractivity contribution < 1.29 is 4.79 Å². The quantitative estimate of drug-likeness (QED) is 0.613. The average molecular weight is 409 g/mol. The third-order valence-electron chi connectivity index (χ3n) is 4.40. The second kappa shape index (κ2) is 7.33. The Labute approximate surface area is 159 Å². The van der Waals surface area contributed by atoms with E-state index in [1.807, 2.05) is 36.4 Å². The summed E-state index contributed by atoms with van der Waals surface area (Å²) in [6, 6.07) is 13.8. The highest BCUT2D eigenvalue weighted by Crippen LogP contribution is 2.23. The molecule has 0 saturated carbocycles. The number of hydrazone groups is 1. The number of nitrogens with zero attached hydrogens (tertiary/aromatic N) is 4. The van der Waals surface area contributed by atoms with Gasteiger partial charge in [-0.3, -0.25) is 14.8 Å². The Morgan fingerprint density at radius 3 is 2.85 bits per heavy atom. The molecule has 5 nitrogen and oxygen atoms in total. The van der Waals surface area contributed by atoms with Gasteiger partial charge in [-0.2, -0.15) is 5.10 Å². The van der Waals surface area contributed by atoms with Crippen LogP contribution in [0.25, 0.3) is 10.9 Å². The summed E-state index contributed by atoms with van der Waals surface area (Å²) in [6.45, 7) is 0.666. The molecule has 0 radical (unpaired) electrons. The zero-order valence-electron chi connectivity index (χ0n) is 14.1. The van der Waals surface area contributed by atoms with E-state index in [0.717, 1.165) is 38.8 Å². The number of amides is 1. The number of rotatable bonds is 4. The van der Waals surface area contributed by atoms with Crippen molar-refractivity contribution >= 4 is 38.5 Å². The molecule has 1 amide bonds. The van der Waals surface area contributed by atoms with Gasteiger partial charge in [0, 0.05) is 41.6 Å². The molecular formula is C20H17BrN4O. The summed E-state index contributed by atoms with van der Waals surface area (Å²) in [6.07, 6.45) is 5.55. The minimum absolute atomic E-state index is 0.0712. The lowest BCUT2D eigenvalue weighted by Gasteiger charge is -2.14. The van der Waals surface area contributed by atoms with Crippen molar-refractivity contribution in [2.45, 2.75) is 19.3 Å². The highest BCUT2D eigenvalue weighted by Gasteiger charge is 2.21. The molecule has 2 aromatic heterocycles. The van der Waals surface area contributed by atoms with Crippen LogP contribution >= 0.6 is 15.9 Å². The number of fused-ring (bicyclic) bond motifs is 1. The third-order valence-corrected chi connectivity index (χ3v) is 4.90. The number of carbonyl (C=O) groups is 1. The van der Waals surface area contributed by atoms with Gasteiger partial charge in [-0.25, -0.2) is 5.01 Å². The Kier molecular flexibility index (Phi) is 4.75. The average Bonchev–Trinajstić information content (AvgIpc) is 3.06. The largest absolute Gasteiger partial charge is 0.273 e. The van der Waals surface area contributed by atoms with E-state index in [4.69, 9.17) is 0 Å². The zero-order chi connectivity index (χ0) is 17.9. The van der Waals surface area contributed by atoms with Crippen LogP contribution in [0.15, 0.2) is 64.4 Å². The van der Waals surface area contributed by atoms with E-state index in [1.54, 1.807) is 17.4 Å². The summed E-state index contributed by atoms with van der Waals surface area (Å²) in [5, 5.41) is 7.30. The van der Waals surface area contributed by atoms with Gasteiger partial charge in [-0.1, -0.05) is 28.1 Å². The molecule has 0 N–H and O–H groups in total. The van der Waals surface area contributed by atoms with Gasteiger partial charge in [0.1, 0.15) is 0 Å². The zero-order valence-corrected chi connectivity index (χ0v) is 15.7. The van der Waals surface area contributed by atoms with Gasteiger partial charge in [0.15, 0.2) is 0 Å². The molecule has 1 aromatic carbocycles. The smallest absolute Gasteiger partial charge is 0.242 e. The highest BCUT2D eigenvalue weighted by atomic mass is 79.9. The van der Waals surface area contributed by atoms with E-state index in [1.165, 1.54) is 0 Å².